The highest BCUT2D eigenvalue weighted by molar-refractivity contribution is 14.0. The fraction of sp³-hybridized carbons (Fsp3) is 0.650. The van der Waals surface area contributed by atoms with Crippen LogP contribution < -0.4 is 10.6 Å². The molecule has 0 bridgehead atoms. The van der Waals surface area contributed by atoms with Crippen LogP contribution in [0.3, 0.4) is 0 Å². The van der Waals surface area contributed by atoms with E-state index in [-0.39, 0.29) is 30.5 Å². The fourth-order valence-electron chi connectivity index (χ4n) is 3.25. The summed E-state index contributed by atoms with van der Waals surface area (Å²) in [5.74, 6) is 0.624. The number of nitrogens with zero attached hydrogens (tertiary/aromatic N) is 3. The Kier molecular flexibility index (Phi) is 11.3. The van der Waals surface area contributed by atoms with Gasteiger partial charge in [0.2, 0.25) is 0 Å². The van der Waals surface area contributed by atoms with Gasteiger partial charge in [-0.3, -0.25) is 4.90 Å². The maximum absolute atomic E-state index is 12.9. The molecule has 1 fully saturated rings. The summed E-state index contributed by atoms with van der Waals surface area (Å²) in [5, 5.41) is 6.48. The molecule has 1 unspecified atom stereocenters. The van der Waals surface area contributed by atoms with E-state index < -0.39 is 11.7 Å². The number of hydrogen-bond acceptors (Lipinski definition) is 3. The molecule has 166 valence electrons. The summed E-state index contributed by atoms with van der Waals surface area (Å²) in [6.45, 7) is 13.3. The van der Waals surface area contributed by atoms with Gasteiger partial charge in [0, 0.05) is 45.3 Å². The minimum absolute atomic E-state index is 0. The van der Waals surface area contributed by atoms with Gasteiger partial charge in [0.1, 0.15) is 0 Å². The molecule has 0 amide bonds. The van der Waals surface area contributed by atoms with E-state index in [1.165, 1.54) is 6.07 Å². The number of piperazine rings is 1. The van der Waals surface area contributed by atoms with Gasteiger partial charge >= 0.3 is 6.18 Å². The van der Waals surface area contributed by atoms with Crippen molar-refractivity contribution in [1.29, 1.82) is 0 Å². The molecule has 0 radical (unpaired) electrons. The van der Waals surface area contributed by atoms with E-state index in [2.05, 4.69) is 39.3 Å². The first-order valence-electron chi connectivity index (χ1n) is 9.98. The van der Waals surface area contributed by atoms with Crippen LogP contribution in [0.1, 0.15) is 31.9 Å². The second-order valence-electron chi connectivity index (χ2n) is 7.09. The van der Waals surface area contributed by atoms with Crippen LogP contribution in [0.2, 0.25) is 0 Å². The molecule has 29 heavy (non-hydrogen) atoms. The van der Waals surface area contributed by atoms with Gasteiger partial charge in [-0.15, -0.1) is 24.0 Å². The highest BCUT2D eigenvalue weighted by atomic mass is 127. The standard InChI is InChI=1S/C20H32F3N5.HI/c1-4-24-19(25-14-16(3)28-11-9-27(5-2)10-12-28)26-15-17-7-6-8-18(13-17)20(21,22)23;/h6-8,13,16H,4-5,9-12,14-15H2,1-3H3,(H2,24,25,26);1H. The third kappa shape index (κ3) is 8.67. The molecule has 0 saturated carbocycles. The molecule has 1 aromatic carbocycles. The summed E-state index contributed by atoms with van der Waals surface area (Å²) in [6.07, 6.45) is -4.33. The van der Waals surface area contributed by atoms with Crippen molar-refractivity contribution in [3.8, 4) is 0 Å². The number of rotatable bonds is 7. The molecule has 1 aromatic rings. The zero-order chi connectivity index (χ0) is 20.6. The molecule has 2 N–H and O–H groups in total. The highest BCUT2D eigenvalue weighted by Crippen LogP contribution is 2.29. The van der Waals surface area contributed by atoms with Crippen LogP contribution in [0, 0.1) is 0 Å². The van der Waals surface area contributed by atoms with Gasteiger partial charge < -0.3 is 15.5 Å². The lowest BCUT2D eigenvalue weighted by molar-refractivity contribution is -0.137. The zero-order valence-corrected chi connectivity index (χ0v) is 19.8. The highest BCUT2D eigenvalue weighted by Gasteiger charge is 2.30. The molecule has 1 saturated heterocycles. The Morgan fingerprint density at radius 3 is 2.41 bits per heavy atom. The van der Waals surface area contributed by atoms with Gasteiger partial charge in [-0.05, 0) is 38.1 Å². The van der Waals surface area contributed by atoms with Crippen LogP contribution in [0.5, 0.6) is 0 Å². The molecular weight excluding hydrogens is 494 g/mol. The molecule has 2 rings (SSSR count). The van der Waals surface area contributed by atoms with Gasteiger partial charge in [-0.2, -0.15) is 13.2 Å². The average Bonchev–Trinajstić information content (AvgIpc) is 2.69. The Bertz CT molecular complexity index is 631. The predicted molar refractivity (Wildman–Crippen MR) is 123 cm³/mol. The summed E-state index contributed by atoms with van der Waals surface area (Å²) in [7, 11) is 0. The molecule has 0 spiro atoms. The molecule has 1 aliphatic rings. The summed E-state index contributed by atoms with van der Waals surface area (Å²) in [4.78, 5) is 9.35. The molecule has 9 heteroatoms. The van der Waals surface area contributed by atoms with E-state index in [4.69, 9.17) is 0 Å². The quantitative estimate of drug-likeness (QED) is 0.324. The van der Waals surface area contributed by atoms with Crippen molar-refractivity contribution < 1.29 is 13.2 Å². The minimum Gasteiger partial charge on any atom is -0.357 e. The van der Waals surface area contributed by atoms with Crippen molar-refractivity contribution in [3.63, 3.8) is 0 Å². The normalized spacial score (nSPS) is 17.5. The van der Waals surface area contributed by atoms with E-state index in [9.17, 15) is 13.2 Å². The second-order valence-corrected chi connectivity index (χ2v) is 7.09. The van der Waals surface area contributed by atoms with Crippen LogP contribution in [0.15, 0.2) is 29.3 Å². The van der Waals surface area contributed by atoms with Crippen molar-refractivity contribution in [3.05, 3.63) is 35.4 Å². The zero-order valence-electron chi connectivity index (χ0n) is 17.4. The van der Waals surface area contributed by atoms with Crippen LogP contribution in [-0.2, 0) is 12.7 Å². The van der Waals surface area contributed by atoms with Crippen LogP contribution in [0.25, 0.3) is 0 Å². The van der Waals surface area contributed by atoms with Gasteiger partial charge in [0.25, 0.3) is 0 Å². The molecule has 0 aliphatic carbocycles. The number of likely N-dealkylation sites (N-methyl/N-ethyl adjacent to an activating group) is 1. The summed E-state index contributed by atoms with van der Waals surface area (Å²) < 4.78 is 38.6. The third-order valence-corrected chi connectivity index (χ3v) is 5.06. The van der Waals surface area contributed by atoms with Crippen LogP contribution in [-0.4, -0.2) is 67.6 Å². The summed E-state index contributed by atoms with van der Waals surface area (Å²) >= 11 is 0. The fourth-order valence-corrected chi connectivity index (χ4v) is 3.25. The molecule has 5 nitrogen and oxygen atoms in total. The molecule has 1 atom stereocenters. The lowest BCUT2D eigenvalue weighted by Crippen LogP contribution is -2.53. The van der Waals surface area contributed by atoms with Crippen molar-refractivity contribution in [2.45, 2.75) is 39.5 Å². The number of halogens is 4. The molecule has 1 aliphatic heterocycles. The number of alkyl halides is 3. The van der Waals surface area contributed by atoms with Gasteiger partial charge in [0.05, 0.1) is 12.1 Å². The van der Waals surface area contributed by atoms with E-state index in [0.717, 1.165) is 51.4 Å². The first kappa shape index (κ1) is 26.0. The van der Waals surface area contributed by atoms with Crippen molar-refractivity contribution in [2.75, 3.05) is 45.8 Å². The lowest BCUT2D eigenvalue weighted by atomic mass is 10.1. The molecular formula is C20H33F3IN5. The van der Waals surface area contributed by atoms with Crippen molar-refractivity contribution >= 4 is 29.9 Å². The Labute approximate surface area is 189 Å². The number of aliphatic imine (C=N–C) groups is 1. The maximum Gasteiger partial charge on any atom is 0.416 e. The number of nitrogens with one attached hydrogen (secondary N) is 2. The average molecular weight is 527 g/mol. The van der Waals surface area contributed by atoms with Crippen LogP contribution in [0.4, 0.5) is 13.2 Å². The lowest BCUT2D eigenvalue weighted by Gasteiger charge is -2.37. The van der Waals surface area contributed by atoms with Gasteiger partial charge in [0.15, 0.2) is 5.96 Å². The Morgan fingerprint density at radius 1 is 1.14 bits per heavy atom. The first-order chi connectivity index (χ1) is 13.3. The minimum atomic E-state index is -4.33. The topological polar surface area (TPSA) is 42.9 Å². The van der Waals surface area contributed by atoms with Gasteiger partial charge in [-0.1, -0.05) is 19.1 Å². The summed E-state index contributed by atoms with van der Waals surface area (Å²) in [6, 6.07) is 5.68. The largest absolute Gasteiger partial charge is 0.416 e. The maximum atomic E-state index is 12.9. The van der Waals surface area contributed by atoms with E-state index in [1.807, 2.05) is 6.92 Å². The van der Waals surface area contributed by atoms with Crippen molar-refractivity contribution in [2.24, 2.45) is 4.99 Å². The van der Waals surface area contributed by atoms with Crippen molar-refractivity contribution in [1.82, 2.24) is 20.4 Å². The van der Waals surface area contributed by atoms with Gasteiger partial charge in [-0.25, -0.2) is 4.99 Å². The Morgan fingerprint density at radius 2 is 1.83 bits per heavy atom. The molecule has 0 aromatic heterocycles. The smallest absolute Gasteiger partial charge is 0.357 e. The SMILES string of the molecule is CCNC(=NCc1cccc(C(F)(F)F)c1)NCC(C)N1CCN(CC)CC1.I. The van der Waals surface area contributed by atoms with Crippen LogP contribution >= 0.6 is 24.0 Å². The first-order valence-corrected chi connectivity index (χ1v) is 9.98. The number of guanidine groups is 1. The van der Waals surface area contributed by atoms with E-state index >= 15 is 0 Å². The molecule has 1 heterocycles. The monoisotopic (exact) mass is 527 g/mol. The van der Waals surface area contributed by atoms with E-state index in [1.54, 1.807) is 6.07 Å². The number of benzene rings is 1. The Balaban J connectivity index is 0.00000420. The van der Waals surface area contributed by atoms with E-state index in [0.29, 0.717) is 24.1 Å². The predicted octanol–water partition coefficient (Wildman–Crippen LogP) is 3.40. The third-order valence-electron chi connectivity index (χ3n) is 5.06. The number of hydrogen-bond donors (Lipinski definition) is 2. The summed E-state index contributed by atoms with van der Waals surface area (Å²) in [5.41, 5.74) is -0.103. The Hall–Kier alpha value is -1.07. The second kappa shape index (κ2) is 12.6.